The average molecular weight is 527 g/mol. The number of rotatable bonds is 8. The van der Waals surface area contributed by atoms with Gasteiger partial charge in [-0.2, -0.15) is 10.5 Å². The summed E-state index contributed by atoms with van der Waals surface area (Å²) in [5.74, 6) is -0.441. The van der Waals surface area contributed by atoms with E-state index in [1.54, 1.807) is 30.3 Å². The molecule has 1 aromatic heterocycles. The van der Waals surface area contributed by atoms with Gasteiger partial charge in [0.25, 0.3) is 11.8 Å². The lowest BCUT2D eigenvalue weighted by Crippen LogP contribution is -2.20. The van der Waals surface area contributed by atoms with E-state index in [2.05, 4.69) is 16.7 Å². The van der Waals surface area contributed by atoms with Crippen molar-refractivity contribution in [3.63, 3.8) is 0 Å². The van der Waals surface area contributed by atoms with Gasteiger partial charge in [0.15, 0.2) is 18.1 Å². The van der Waals surface area contributed by atoms with Crippen LogP contribution in [-0.4, -0.2) is 25.5 Å². The third-order valence-electron chi connectivity index (χ3n) is 6.09. The molecule has 1 aliphatic rings. The number of nitrogens with one attached hydrogen (secondary N) is 2. The molecule has 1 heterocycles. The number of carbonyl (C=O) groups excluding carboxylic acids is 2. The minimum atomic E-state index is -0.631. The molecule has 9 heteroatoms. The molecule has 192 valence electrons. The molecule has 38 heavy (non-hydrogen) atoms. The first kappa shape index (κ1) is 26.5. The van der Waals surface area contributed by atoms with E-state index < -0.39 is 5.91 Å². The molecule has 0 aliphatic heterocycles. The molecule has 3 aromatic rings. The summed E-state index contributed by atoms with van der Waals surface area (Å²) in [7, 11) is 1.46. The van der Waals surface area contributed by atoms with E-state index in [1.165, 1.54) is 24.5 Å². The molecule has 0 bridgehead atoms. The van der Waals surface area contributed by atoms with Crippen molar-refractivity contribution < 1.29 is 19.1 Å². The Hall–Kier alpha value is -4.60. The summed E-state index contributed by atoms with van der Waals surface area (Å²) >= 11 is 1.39. The van der Waals surface area contributed by atoms with Gasteiger partial charge in [0.2, 0.25) is 0 Å². The smallest absolute Gasteiger partial charge is 0.266 e. The van der Waals surface area contributed by atoms with Crippen molar-refractivity contribution in [2.75, 3.05) is 24.4 Å². The van der Waals surface area contributed by atoms with Crippen molar-refractivity contribution in [1.29, 1.82) is 10.5 Å². The maximum atomic E-state index is 13.0. The predicted molar refractivity (Wildman–Crippen MR) is 146 cm³/mol. The molecule has 0 spiro atoms. The summed E-state index contributed by atoms with van der Waals surface area (Å²) in [4.78, 5) is 26.6. The molecule has 2 N–H and O–H groups in total. The molecule has 0 saturated carbocycles. The molecule has 0 atom stereocenters. The van der Waals surface area contributed by atoms with Crippen molar-refractivity contribution >= 4 is 39.9 Å². The molecule has 4 rings (SSSR count). The fourth-order valence-electron chi connectivity index (χ4n) is 4.18. The number of hydrogen-bond donors (Lipinski definition) is 2. The first-order chi connectivity index (χ1) is 18.4. The van der Waals surface area contributed by atoms with Crippen LogP contribution in [0.5, 0.6) is 11.5 Å². The van der Waals surface area contributed by atoms with Crippen LogP contribution in [0.4, 0.5) is 10.7 Å². The molecule has 0 radical (unpaired) electrons. The van der Waals surface area contributed by atoms with Crippen LogP contribution in [0.1, 0.15) is 40.0 Å². The molecule has 8 nitrogen and oxygen atoms in total. The van der Waals surface area contributed by atoms with Crippen LogP contribution in [0.25, 0.3) is 6.08 Å². The largest absolute Gasteiger partial charge is 0.493 e. The second-order valence-corrected chi connectivity index (χ2v) is 9.84. The Morgan fingerprint density at radius 2 is 1.84 bits per heavy atom. The number of thiophene rings is 1. The summed E-state index contributed by atoms with van der Waals surface area (Å²) in [6.45, 7) is 1.65. The molecular formula is C29H26N4O4S. The van der Waals surface area contributed by atoms with Gasteiger partial charge in [0, 0.05) is 16.1 Å². The Kier molecular flexibility index (Phi) is 8.42. The Balaban J connectivity index is 1.54. The van der Waals surface area contributed by atoms with Crippen LogP contribution in [0, 0.1) is 29.6 Å². The van der Waals surface area contributed by atoms with Gasteiger partial charge in [-0.15, -0.1) is 11.3 Å². The Morgan fingerprint density at radius 3 is 2.55 bits per heavy atom. The SMILES string of the molecule is COc1cccc(/C=C(\C#N)C(=O)Nc2sc3c(c2C#N)CCCC3)c1OCC(=O)Nc1ccc(C)cc1. The Labute approximate surface area is 225 Å². The van der Waals surface area contributed by atoms with Crippen molar-refractivity contribution in [2.45, 2.75) is 32.6 Å². The third-order valence-corrected chi connectivity index (χ3v) is 7.29. The first-order valence-corrected chi connectivity index (χ1v) is 12.9. The van der Waals surface area contributed by atoms with E-state index in [1.807, 2.05) is 25.1 Å². The standard InChI is InChI=1S/C29H26N4O4S/c1-18-10-12-21(13-11-18)32-26(34)17-37-27-19(6-5-8-24(27)36-2)14-20(15-30)28(35)33-29-23(16-31)22-7-3-4-9-25(22)38-29/h5-6,8,10-14H,3-4,7,9,17H2,1-2H3,(H,32,34)(H,33,35)/b20-14+. The number of amides is 2. The number of nitrogens with zero attached hydrogens (tertiary/aromatic N) is 2. The topological polar surface area (TPSA) is 124 Å². The highest BCUT2D eigenvalue weighted by Crippen LogP contribution is 2.38. The molecular weight excluding hydrogens is 500 g/mol. The normalized spacial score (nSPS) is 12.5. The summed E-state index contributed by atoms with van der Waals surface area (Å²) in [5.41, 5.74) is 3.39. The zero-order chi connectivity index (χ0) is 27.1. The van der Waals surface area contributed by atoms with Gasteiger partial charge >= 0.3 is 0 Å². The van der Waals surface area contributed by atoms with Crippen LogP contribution in [-0.2, 0) is 22.4 Å². The number of para-hydroxylation sites is 1. The quantitative estimate of drug-likeness (QED) is 0.300. The van der Waals surface area contributed by atoms with Gasteiger partial charge in [-0.1, -0.05) is 29.8 Å². The van der Waals surface area contributed by atoms with Gasteiger partial charge < -0.3 is 20.1 Å². The first-order valence-electron chi connectivity index (χ1n) is 12.1. The van der Waals surface area contributed by atoms with E-state index in [4.69, 9.17) is 9.47 Å². The highest BCUT2D eigenvalue weighted by Gasteiger charge is 2.23. The number of benzene rings is 2. The molecule has 2 amide bonds. The summed E-state index contributed by atoms with van der Waals surface area (Å²) < 4.78 is 11.2. The second kappa shape index (κ2) is 12.1. The zero-order valence-electron chi connectivity index (χ0n) is 21.1. The predicted octanol–water partition coefficient (Wildman–Crippen LogP) is 5.38. The van der Waals surface area contributed by atoms with Crippen LogP contribution in [0.2, 0.25) is 0 Å². The lowest BCUT2D eigenvalue weighted by molar-refractivity contribution is -0.118. The van der Waals surface area contributed by atoms with Crippen LogP contribution >= 0.6 is 11.3 Å². The Bertz CT molecular complexity index is 1480. The minimum Gasteiger partial charge on any atom is -0.493 e. The average Bonchev–Trinajstić information content (AvgIpc) is 3.28. The number of hydrogen-bond acceptors (Lipinski definition) is 7. The minimum absolute atomic E-state index is 0.178. The number of nitriles is 2. The summed E-state index contributed by atoms with van der Waals surface area (Å²) in [6.07, 6.45) is 5.14. The molecule has 2 aromatic carbocycles. The fraction of sp³-hybridized carbons (Fsp3) is 0.241. The summed E-state index contributed by atoms with van der Waals surface area (Å²) in [6, 6.07) is 16.5. The van der Waals surface area contributed by atoms with E-state index in [9.17, 15) is 20.1 Å². The number of methoxy groups -OCH3 is 1. The van der Waals surface area contributed by atoms with E-state index >= 15 is 0 Å². The monoisotopic (exact) mass is 526 g/mol. The van der Waals surface area contributed by atoms with Crippen molar-refractivity contribution in [2.24, 2.45) is 0 Å². The number of fused-ring (bicyclic) bond motifs is 1. The van der Waals surface area contributed by atoms with Crippen LogP contribution < -0.4 is 20.1 Å². The lowest BCUT2D eigenvalue weighted by Gasteiger charge is -2.14. The summed E-state index contributed by atoms with van der Waals surface area (Å²) in [5, 5.41) is 25.4. The van der Waals surface area contributed by atoms with Crippen molar-refractivity contribution in [3.05, 3.63) is 75.2 Å². The maximum absolute atomic E-state index is 13.0. The van der Waals surface area contributed by atoms with Gasteiger partial charge in [-0.05, 0) is 62.4 Å². The number of anilines is 2. The molecule has 1 aliphatic carbocycles. The molecule has 0 unspecified atom stereocenters. The van der Waals surface area contributed by atoms with E-state index in [0.29, 0.717) is 27.6 Å². The second-order valence-electron chi connectivity index (χ2n) is 8.73. The number of aryl methyl sites for hydroxylation is 2. The van der Waals surface area contributed by atoms with Crippen molar-refractivity contribution in [1.82, 2.24) is 0 Å². The highest BCUT2D eigenvalue weighted by atomic mass is 32.1. The highest BCUT2D eigenvalue weighted by molar-refractivity contribution is 7.16. The third kappa shape index (κ3) is 6.03. The van der Waals surface area contributed by atoms with E-state index in [-0.39, 0.29) is 23.8 Å². The maximum Gasteiger partial charge on any atom is 0.266 e. The van der Waals surface area contributed by atoms with Crippen molar-refractivity contribution in [3.8, 4) is 23.6 Å². The van der Waals surface area contributed by atoms with Crippen LogP contribution in [0.15, 0.2) is 48.0 Å². The van der Waals surface area contributed by atoms with Crippen LogP contribution in [0.3, 0.4) is 0 Å². The number of ether oxygens (including phenoxy) is 2. The lowest BCUT2D eigenvalue weighted by atomic mass is 9.96. The van der Waals surface area contributed by atoms with Gasteiger partial charge in [0.05, 0.1) is 12.7 Å². The fourth-order valence-corrected chi connectivity index (χ4v) is 5.41. The molecule has 0 saturated heterocycles. The number of carbonyl (C=O) groups is 2. The van der Waals surface area contributed by atoms with Gasteiger partial charge in [-0.25, -0.2) is 0 Å². The van der Waals surface area contributed by atoms with Gasteiger partial charge in [-0.3, -0.25) is 9.59 Å². The van der Waals surface area contributed by atoms with Gasteiger partial charge in [0.1, 0.15) is 22.7 Å². The van der Waals surface area contributed by atoms with E-state index in [0.717, 1.165) is 41.7 Å². The molecule has 0 fully saturated rings. The Morgan fingerprint density at radius 1 is 1.08 bits per heavy atom. The zero-order valence-corrected chi connectivity index (χ0v) is 21.9.